The van der Waals surface area contributed by atoms with Crippen molar-refractivity contribution in [3.05, 3.63) is 0 Å². The number of thiocarbonyl (C=S) groups is 1. The summed E-state index contributed by atoms with van der Waals surface area (Å²) in [5, 5.41) is 0. The fraction of sp³-hybridized carbons (Fsp3) is 0.917. The molecular weight excluding hydrogens is 222 g/mol. The van der Waals surface area contributed by atoms with Crippen LogP contribution in [0.4, 0.5) is 0 Å². The highest BCUT2D eigenvalue weighted by Gasteiger charge is 2.15. The minimum absolute atomic E-state index is 0.928. The minimum Gasteiger partial charge on any atom is -0.358 e. The normalized spacial score (nSPS) is 17.7. The summed E-state index contributed by atoms with van der Waals surface area (Å²) in [4.78, 5) is 2.28. The van der Waals surface area contributed by atoms with Crippen molar-refractivity contribution in [3.8, 4) is 0 Å². The second kappa shape index (κ2) is 7.50. The number of rotatable bonds is 4. The van der Waals surface area contributed by atoms with Crippen LogP contribution in [0.5, 0.6) is 0 Å². The highest BCUT2D eigenvalue weighted by atomic mass is 32.2. The van der Waals surface area contributed by atoms with E-state index in [1.54, 1.807) is 0 Å². The fourth-order valence-corrected chi connectivity index (χ4v) is 3.73. The highest BCUT2D eigenvalue weighted by molar-refractivity contribution is 8.22. The summed E-state index contributed by atoms with van der Waals surface area (Å²) in [5.41, 5.74) is 0. The Morgan fingerprint density at radius 1 is 1.20 bits per heavy atom. The van der Waals surface area contributed by atoms with Gasteiger partial charge < -0.3 is 4.90 Å². The maximum atomic E-state index is 5.43. The number of thioether (sulfide) groups is 1. The molecule has 0 bridgehead atoms. The number of hydrogen-bond donors (Lipinski definition) is 0. The molecule has 1 nitrogen and oxygen atoms in total. The van der Waals surface area contributed by atoms with Crippen molar-refractivity contribution < 1.29 is 0 Å². The fourth-order valence-electron chi connectivity index (χ4n) is 2.12. The van der Waals surface area contributed by atoms with Crippen LogP contribution in [0.1, 0.15) is 46.0 Å². The Labute approximate surface area is 104 Å². The molecule has 0 aromatic heterocycles. The first-order valence-corrected chi connectivity index (χ1v) is 7.59. The van der Waals surface area contributed by atoms with Crippen molar-refractivity contribution in [2.75, 3.05) is 18.8 Å². The van der Waals surface area contributed by atoms with Gasteiger partial charge >= 0.3 is 0 Å². The molecular formula is C12H23NS2. The number of nitrogens with zero attached hydrogens (tertiary/aromatic N) is 1. The van der Waals surface area contributed by atoms with Crippen molar-refractivity contribution in [2.45, 2.75) is 46.0 Å². The average Bonchev–Trinajstić information content (AvgIpc) is 2.29. The third-order valence-electron chi connectivity index (χ3n) is 3.19. The van der Waals surface area contributed by atoms with Gasteiger partial charge in [-0.1, -0.05) is 43.2 Å². The van der Waals surface area contributed by atoms with E-state index in [2.05, 4.69) is 18.7 Å². The molecule has 1 fully saturated rings. The lowest BCUT2D eigenvalue weighted by atomic mass is 9.91. The van der Waals surface area contributed by atoms with Crippen LogP contribution in [0.15, 0.2) is 0 Å². The smallest absolute Gasteiger partial charge is 0.136 e. The molecule has 0 atom stereocenters. The molecule has 0 aromatic rings. The largest absolute Gasteiger partial charge is 0.358 e. The molecule has 0 heterocycles. The first kappa shape index (κ1) is 13.3. The second-order valence-electron chi connectivity index (χ2n) is 4.25. The molecule has 0 amide bonds. The summed E-state index contributed by atoms with van der Waals surface area (Å²) in [5.74, 6) is 2.17. The van der Waals surface area contributed by atoms with Gasteiger partial charge in [0.1, 0.15) is 4.32 Å². The molecule has 0 N–H and O–H groups in total. The molecule has 1 aliphatic carbocycles. The third kappa shape index (κ3) is 4.73. The molecule has 0 radical (unpaired) electrons. The molecule has 1 rings (SSSR count). The van der Waals surface area contributed by atoms with Crippen molar-refractivity contribution in [1.82, 2.24) is 4.90 Å². The van der Waals surface area contributed by atoms with Crippen LogP contribution >= 0.6 is 24.0 Å². The SMILES string of the molecule is CCN(CC)C(=S)SCC1CCCCC1. The zero-order valence-corrected chi connectivity index (χ0v) is 11.6. The van der Waals surface area contributed by atoms with Crippen molar-refractivity contribution in [1.29, 1.82) is 0 Å². The van der Waals surface area contributed by atoms with Gasteiger partial charge in [0.25, 0.3) is 0 Å². The van der Waals surface area contributed by atoms with Gasteiger partial charge in [0, 0.05) is 18.8 Å². The molecule has 15 heavy (non-hydrogen) atoms. The number of hydrogen-bond acceptors (Lipinski definition) is 2. The summed E-state index contributed by atoms with van der Waals surface area (Å²) in [6, 6.07) is 0. The van der Waals surface area contributed by atoms with E-state index in [0.29, 0.717) is 0 Å². The van der Waals surface area contributed by atoms with E-state index < -0.39 is 0 Å². The van der Waals surface area contributed by atoms with Crippen LogP contribution in [-0.2, 0) is 0 Å². The maximum absolute atomic E-state index is 5.43. The zero-order valence-electron chi connectivity index (χ0n) is 10.00. The van der Waals surface area contributed by atoms with Crippen LogP contribution in [-0.4, -0.2) is 28.1 Å². The molecule has 3 heteroatoms. The van der Waals surface area contributed by atoms with Gasteiger partial charge in [-0.2, -0.15) is 0 Å². The molecule has 0 saturated heterocycles. The first-order chi connectivity index (χ1) is 7.27. The third-order valence-corrected chi connectivity index (χ3v) is 4.94. The van der Waals surface area contributed by atoms with Gasteiger partial charge in [0.15, 0.2) is 0 Å². The van der Waals surface area contributed by atoms with Crippen LogP contribution in [0, 0.1) is 5.92 Å². The summed E-state index contributed by atoms with van der Waals surface area (Å²) >= 11 is 7.33. The minimum atomic E-state index is 0.928. The van der Waals surface area contributed by atoms with Crippen LogP contribution in [0.25, 0.3) is 0 Å². The lowest BCUT2D eigenvalue weighted by molar-refractivity contribution is 0.391. The predicted octanol–water partition coefficient (Wildman–Crippen LogP) is 3.93. The summed E-state index contributed by atoms with van der Waals surface area (Å²) in [6.45, 7) is 6.45. The standard InChI is InChI=1S/C12H23NS2/c1-3-13(4-2)12(14)15-10-11-8-6-5-7-9-11/h11H,3-10H2,1-2H3. The monoisotopic (exact) mass is 245 g/mol. The van der Waals surface area contributed by atoms with E-state index in [-0.39, 0.29) is 0 Å². The van der Waals surface area contributed by atoms with Crippen LogP contribution < -0.4 is 0 Å². The Balaban J connectivity index is 2.20. The predicted molar refractivity (Wildman–Crippen MR) is 74.6 cm³/mol. The Bertz CT molecular complexity index is 184. The van der Waals surface area contributed by atoms with Crippen molar-refractivity contribution in [3.63, 3.8) is 0 Å². The van der Waals surface area contributed by atoms with Gasteiger partial charge in [-0.3, -0.25) is 0 Å². The Morgan fingerprint density at radius 3 is 2.33 bits per heavy atom. The van der Waals surface area contributed by atoms with E-state index in [0.717, 1.165) is 23.3 Å². The molecule has 0 spiro atoms. The summed E-state index contributed by atoms with van der Waals surface area (Å²) in [6.07, 6.45) is 7.16. The summed E-state index contributed by atoms with van der Waals surface area (Å²) < 4.78 is 1.10. The first-order valence-electron chi connectivity index (χ1n) is 6.19. The van der Waals surface area contributed by atoms with Crippen molar-refractivity contribution in [2.24, 2.45) is 5.92 Å². The topological polar surface area (TPSA) is 3.24 Å². The van der Waals surface area contributed by atoms with E-state index in [4.69, 9.17) is 12.2 Å². The molecule has 88 valence electrons. The molecule has 0 aromatic carbocycles. The molecule has 0 unspecified atom stereocenters. The van der Waals surface area contributed by atoms with Gasteiger partial charge in [-0.15, -0.1) is 0 Å². The lowest BCUT2D eigenvalue weighted by Gasteiger charge is -2.24. The van der Waals surface area contributed by atoms with E-state index in [9.17, 15) is 0 Å². The maximum Gasteiger partial charge on any atom is 0.136 e. The lowest BCUT2D eigenvalue weighted by Crippen LogP contribution is -2.27. The van der Waals surface area contributed by atoms with Gasteiger partial charge in [0.2, 0.25) is 0 Å². The average molecular weight is 245 g/mol. The van der Waals surface area contributed by atoms with E-state index in [1.807, 2.05) is 11.8 Å². The van der Waals surface area contributed by atoms with Gasteiger partial charge in [0.05, 0.1) is 0 Å². The Kier molecular flexibility index (Phi) is 6.66. The van der Waals surface area contributed by atoms with E-state index >= 15 is 0 Å². The quantitative estimate of drug-likeness (QED) is 0.691. The molecule has 1 aliphatic rings. The summed E-state index contributed by atoms with van der Waals surface area (Å²) in [7, 11) is 0. The molecule has 1 saturated carbocycles. The molecule has 0 aliphatic heterocycles. The van der Waals surface area contributed by atoms with Crippen molar-refractivity contribution >= 4 is 28.3 Å². The second-order valence-corrected chi connectivity index (χ2v) is 5.91. The zero-order chi connectivity index (χ0) is 11.1. The van der Waals surface area contributed by atoms with Crippen LogP contribution in [0.3, 0.4) is 0 Å². The van der Waals surface area contributed by atoms with Gasteiger partial charge in [-0.25, -0.2) is 0 Å². The van der Waals surface area contributed by atoms with Gasteiger partial charge in [-0.05, 0) is 32.6 Å². The van der Waals surface area contributed by atoms with Crippen LogP contribution in [0.2, 0.25) is 0 Å². The van der Waals surface area contributed by atoms with E-state index in [1.165, 1.54) is 37.9 Å². The Hall–Kier alpha value is 0.240. The Morgan fingerprint density at radius 2 is 1.80 bits per heavy atom. The highest BCUT2D eigenvalue weighted by Crippen LogP contribution is 2.27.